The first kappa shape index (κ1) is 29.4. The molecule has 2 aromatic carbocycles. The summed E-state index contributed by atoms with van der Waals surface area (Å²) < 4.78 is 29.3. The highest BCUT2D eigenvalue weighted by Crippen LogP contribution is 2.50. The fraction of sp³-hybridized carbons (Fsp3) is 0.438. The molecular weight excluding hydrogens is 585 g/mol. The number of sulfonamides is 1. The number of hydrogen-bond acceptors (Lipinski definition) is 7. The summed E-state index contributed by atoms with van der Waals surface area (Å²) in [5.74, 6) is -0.273. The van der Waals surface area contributed by atoms with E-state index in [9.17, 15) is 13.2 Å². The quantitative estimate of drug-likeness (QED) is 0.234. The Kier molecular flexibility index (Phi) is 7.59. The molecular formula is C32H38N4O3S3. The van der Waals surface area contributed by atoms with E-state index in [1.54, 1.807) is 54.0 Å². The second-order valence-electron chi connectivity index (χ2n) is 12.7. The summed E-state index contributed by atoms with van der Waals surface area (Å²) in [7, 11) is -1.96. The van der Waals surface area contributed by atoms with Gasteiger partial charge in [-0.05, 0) is 88.9 Å². The summed E-state index contributed by atoms with van der Waals surface area (Å²) in [6.45, 7) is 8.77. The number of anilines is 1. The summed E-state index contributed by atoms with van der Waals surface area (Å²) in [6.07, 6.45) is 5.86. The number of thiazole rings is 1. The lowest BCUT2D eigenvalue weighted by Crippen LogP contribution is -2.54. The Bertz CT molecular complexity index is 1710. The van der Waals surface area contributed by atoms with Gasteiger partial charge in [-0.2, -0.15) is 4.31 Å². The first-order valence-corrected chi connectivity index (χ1v) is 17.6. The van der Waals surface area contributed by atoms with Crippen molar-refractivity contribution in [2.24, 2.45) is 0 Å². The monoisotopic (exact) mass is 622 g/mol. The molecule has 2 aromatic heterocycles. The summed E-state index contributed by atoms with van der Waals surface area (Å²) in [5.41, 5.74) is 3.15. The molecule has 42 heavy (non-hydrogen) atoms. The van der Waals surface area contributed by atoms with Crippen LogP contribution in [-0.4, -0.2) is 42.2 Å². The van der Waals surface area contributed by atoms with Crippen LogP contribution in [0.15, 0.2) is 53.4 Å². The summed E-state index contributed by atoms with van der Waals surface area (Å²) in [4.78, 5) is 20.0. The van der Waals surface area contributed by atoms with E-state index in [4.69, 9.17) is 4.98 Å². The number of carbonyl (C=O) groups is 1. The van der Waals surface area contributed by atoms with Gasteiger partial charge in [-0.25, -0.2) is 13.4 Å². The van der Waals surface area contributed by atoms with Crippen LogP contribution in [-0.2, 0) is 22.0 Å². The number of rotatable bonds is 6. The van der Waals surface area contributed by atoms with Crippen LogP contribution in [0, 0.1) is 0 Å². The standard InChI is InChI=1S/C32H38N4O3S3/c1-31(2)19-23-26(29-33-24-13-9-10-14-25(24)40-29)30(41-27(23)32(3,4)35-31)34-28(37)20-15-17-22(18-16-20)42(38,39)36(5)21-11-7-6-8-12-21/h9-10,13-18,21,35H,6-8,11-12,19H2,1-5H3,(H,34,37). The molecule has 1 aliphatic carbocycles. The predicted molar refractivity (Wildman–Crippen MR) is 173 cm³/mol. The molecule has 1 aliphatic heterocycles. The van der Waals surface area contributed by atoms with E-state index < -0.39 is 10.0 Å². The van der Waals surface area contributed by atoms with Crippen LogP contribution >= 0.6 is 22.7 Å². The number of carbonyl (C=O) groups excluding carboxylic acids is 1. The van der Waals surface area contributed by atoms with Crippen LogP contribution in [0.25, 0.3) is 20.8 Å². The number of fused-ring (bicyclic) bond motifs is 2. The Morgan fingerprint density at radius 1 is 1.00 bits per heavy atom. The average Bonchev–Trinajstić information content (AvgIpc) is 3.53. The Morgan fingerprint density at radius 2 is 1.69 bits per heavy atom. The molecule has 6 rings (SSSR count). The predicted octanol–water partition coefficient (Wildman–Crippen LogP) is 7.39. The lowest BCUT2D eigenvalue weighted by atomic mass is 9.81. The van der Waals surface area contributed by atoms with Gasteiger partial charge in [0.25, 0.3) is 5.91 Å². The van der Waals surface area contributed by atoms with Crippen LogP contribution < -0.4 is 10.6 Å². The number of amides is 1. The van der Waals surface area contributed by atoms with Gasteiger partial charge in [0.2, 0.25) is 10.0 Å². The van der Waals surface area contributed by atoms with Gasteiger partial charge in [0.1, 0.15) is 10.0 Å². The highest BCUT2D eigenvalue weighted by atomic mass is 32.2. The molecule has 2 N–H and O–H groups in total. The zero-order valence-electron chi connectivity index (χ0n) is 24.8. The molecule has 1 fully saturated rings. The van der Waals surface area contributed by atoms with Crippen molar-refractivity contribution in [1.29, 1.82) is 0 Å². The van der Waals surface area contributed by atoms with Crippen molar-refractivity contribution in [3.8, 4) is 10.6 Å². The third kappa shape index (κ3) is 5.43. The van der Waals surface area contributed by atoms with Gasteiger partial charge in [0.15, 0.2) is 0 Å². The minimum absolute atomic E-state index is 0.0289. The lowest BCUT2D eigenvalue weighted by Gasteiger charge is -2.42. The number of para-hydroxylation sites is 1. The minimum atomic E-state index is -3.63. The molecule has 4 aromatic rings. The molecule has 3 heterocycles. The molecule has 2 aliphatic rings. The Labute approximate surface area is 256 Å². The number of hydrogen-bond donors (Lipinski definition) is 2. The van der Waals surface area contributed by atoms with Crippen molar-refractivity contribution in [2.75, 3.05) is 12.4 Å². The lowest BCUT2D eigenvalue weighted by molar-refractivity contribution is 0.102. The average molecular weight is 623 g/mol. The van der Waals surface area contributed by atoms with E-state index in [0.717, 1.165) is 64.3 Å². The Morgan fingerprint density at radius 3 is 2.38 bits per heavy atom. The van der Waals surface area contributed by atoms with Gasteiger partial charge >= 0.3 is 0 Å². The van der Waals surface area contributed by atoms with E-state index in [1.807, 2.05) is 18.2 Å². The van der Waals surface area contributed by atoms with Crippen LogP contribution in [0.1, 0.15) is 80.6 Å². The van der Waals surface area contributed by atoms with Crippen LogP contribution in [0.5, 0.6) is 0 Å². The molecule has 10 heteroatoms. The highest BCUT2D eigenvalue weighted by molar-refractivity contribution is 7.89. The molecule has 7 nitrogen and oxygen atoms in total. The Balaban J connectivity index is 1.33. The summed E-state index contributed by atoms with van der Waals surface area (Å²) >= 11 is 3.23. The van der Waals surface area contributed by atoms with E-state index in [-0.39, 0.29) is 27.9 Å². The van der Waals surface area contributed by atoms with Crippen molar-refractivity contribution >= 4 is 53.8 Å². The molecule has 1 saturated carbocycles. The molecule has 1 amide bonds. The van der Waals surface area contributed by atoms with Gasteiger partial charge in [-0.15, -0.1) is 22.7 Å². The van der Waals surface area contributed by atoms with E-state index in [1.165, 1.54) is 14.7 Å². The van der Waals surface area contributed by atoms with E-state index in [2.05, 4.69) is 44.4 Å². The SMILES string of the molecule is CN(C1CCCCC1)S(=O)(=O)c1ccc(C(=O)Nc2sc3c(c2-c2nc4ccccc4s2)CC(C)(C)NC3(C)C)cc1. The first-order valence-electron chi connectivity index (χ1n) is 14.6. The van der Waals surface area contributed by atoms with Crippen molar-refractivity contribution in [1.82, 2.24) is 14.6 Å². The zero-order chi connectivity index (χ0) is 29.9. The molecule has 0 radical (unpaired) electrons. The number of thiophene rings is 1. The number of nitrogens with zero attached hydrogens (tertiary/aromatic N) is 2. The zero-order valence-corrected chi connectivity index (χ0v) is 27.2. The van der Waals surface area contributed by atoms with Crippen molar-refractivity contribution in [3.63, 3.8) is 0 Å². The van der Waals surface area contributed by atoms with Crippen molar-refractivity contribution < 1.29 is 13.2 Å². The number of benzene rings is 2. The smallest absolute Gasteiger partial charge is 0.256 e. The maximum absolute atomic E-state index is 13.6. The first-order chi connectivity index (χ1) is 19.9. The van der Waals surface area contributed by atoms with Gasteiger partial charge < -0.3 is 10.6 Å². The van der Waals surface area contributed by atoms with E-state index >= 15 is 0 Å². The largest absolute Gasteiger partial charge is 0.313 e. The summed E-state index contributed by atoms with van der Waals surface area (Å²) in [5, 5.41) is 8.61. The minimum Gasteiger partial charge on any atom is -0.313 e. The van der Waals surface area contributed by atoms with E-state index in [0.29, 0.717) is 5.56 Å². The second kappa shape index (κ2) is 10.8. The Hall–Kier alpha value is -2.63. The molecule has 0 saturated heterocycles. The van der Waals surface area contributed by atoms with Crippen LogP contribution in [0.2, 0.25) is 0 Å². The molecule has 0 atom stereocenters. The maximum Gasteiger partial charge on any atom is 0.256 e. The van der Waals surface area contributed by atoms with Crippen molar-refractivity contribution in [3.05, 3.63) is 64.5 Å². The number of aromatic nitrogens is 1. The fourth-order valence-electron chi connectivity index (χ4n) is 6.58. The fourth-order valence-corrected chi connectivity index (χ4v) is 10.4. The maximum atomic E-state index is 13.6. The number of nitrogens with one attached hydrogen (secondary N) is 2. The molecule has 222 valence electrons. The summed E-state index contributed by atoms with van der Waals surface area (Å²) in [6, 6.07) is 14.4. The van der Waals surface area contributed by atoms with Gasteiger partial charge in [0.05, 0.1) is 15.1 Å². The van der Waals surface area contributed by atoms with Gasteiger partial charge in [-0.1, -0.05) is 31.4 Å². The topological polar surface area (TPSA) is 91.4 Å². The van der Waals surface area contributed by atoms with Gasteiger partial charge in [0, 0.05) is 40.2 Å². The molecule has 0 unspecified atom stereocenters. The van der Waals surface area contributed by atoms with Crippen LogP contribution in [0.4, 0.5) is 5.00 Å². The van der Waals surface area contributed by atoms with Crippen molar-refractivity contribution in [2.45, 2.75) is 88.2 Å². The third-order valence-electron chi connectivity index (χ3n) is 8.46. The highest BCUT2D eigenvalue weighted by Gasteiger charge is 2.41. The normalized spacial score (nSPS) is 18.7. The second-order valence-corrected chi connectivity index (χ2v) is 16.8. The molecule has 0 spiro atoms. The van der Waals surface area contributed by atoms with Gasteiger partial charge in [-0.3, -0.25) is 4.79 Å². The van der Waals surface area contributed by atoms with Crippen LogP contribution in [0.3, 0.4) is 0 Å². The molecule has 0 bridgehead atoms. The third-order valence-corrected chi connectivity index (χ3v) is 12.9.